The van der Waals surface area contributed by atoms with Crippen LogP contribution < -0.4 is 0 Å². The highest BCUT2D eigenvalue weighted by Crippen LogP contribution is 2.19. The van der Waals surface area contributed by atoms with Crippen molar-refractivity contribution in [3.63, 3.8) is 0 Å². The van der Waals surface area contributed by atoms with E-state index in [0.717, 1.165) is 45.6 Å². The van der Waals surface area contributed by atoms with Gasteiger partial charge in [0.1, 0.15) is 0 Å². The molecule has 134 valence electrons. The Morgan fingerprint density at radius 2 is 1.92 bits per heavy atom. The van der Waals surface area contributed by atoms with E-state index in [-0.39, 0.29) is 11.9 Å². The van der Waals surface area contributed by atoms with Crippen molar-refractivity contribution in [3.8, 4) is 0 Å². The van der Waals surface area contributed by atoms with Crippen LogP contribution >= 0.6 is 0 Å². The van der Waals surface area contributed by atoms with Crippen LogP contribution in [0.25, 0.3) is 0 Å². The van der Waals surface area contributed by atoms with E-state index in [9.17, 15) is 4.79 Å². The van der Waals surface area contributed by atoms with Crippen LogP contribution in [0.5, 0.6) is 0 Å². The van der Waals surface area contributed by atoms with Crippen LogP contribution in [0, 0.1) is 0 Å². The molecule has 5 nitrogen and oxygen atoms in total. The number of carbonyl (C=O) groups excluding carboxylic acids is 1. The Hall–Kier alpha value is -1.33. The average Bonchev–Trinajstić information content (AvgIpc) is 3.04. The zero-order valence-electron chi connectivity index (χ0n) is 14.6. The first-order valence-electron chi connectivity index (χ1n) is 9.49. The molecule has 0 radical (unpaired) electrons. The first kappa shape index (κ1) is 17.5. The molecule has 24 heavy (non-hydrogen) atoms. The maximum absolute atomic E-state index is 12.8. The van der Waals surface area contributed by atoms with Crippen molar-refractivity contribution in [2.24, 2.45) is 0 Å². The second kappa shape index (κ2) is 9.23. The van der Waals surface area contributed by atoms with Crippen molar-refractivity contribution in [3.05, 3.63) is 24.2 Å². The standard InChI is InChI=1S/C19H30N2O3/c22-19(18-7-5-14-24-18)21(17-8-15-23-16-9-17)13-6-12-20-10-3-1-2-4-11-20/h5,7,14,17H,1-4,6,8-13,15-16H2. The number of ether oxygens (including phenoxy) is 1. The maximum atomic E-state index is 12.8. The van der Waals surface area contributed by atoms with E-state index in [1.165, 1.54) is 38.8 Å². The molecule has 1 aromatic rings. The van der Waals surface area contributed by atoms with E-state index >= 15 is 0 Å². The van der Waals surface area contributed by atoms with Gasteiger partial charge < -0.3 is 19.0 Å². The summed E-state index contributed by atoms with van der Waals surface area (Å²) < 4.78 is 10.8. The van der Waals surface area contributed by atoms with E-state index in [1.807, 2.05) is 4.90 Å². The van der Waals surface area contributed by atoms with E-state index in [4.69, 9.17) is 9.15 Å². The SMILES string of the molecule is O=C(c1ccco1)N(CCCN1CCCCCC1)C1CCOCC1. The van der Waals surface area contributed by atoms with Gasteiger partial charge in [-0.2, -0.15) is 0 Å². The van der Waals surface area contributed by atoms with Crippen molar-refractivity contribution in [2.45, 2.75) is 51.0 Å². The summed E-state index contributed by atoms with van der Waals surface area (Å²) in [6, 6.07) is 3.83. The minimum absolute atomic E-state index is 0.0303. The Labute approximate surface area is 144 Å². The van der Waals surface area contributed by atoms with Crippen LogP contribution in [-0.2, 0) is 4.74 Å². The van der Waals surface area contributed by atoms with Gasteiger partial charge in [-0.3, -0.25) is 4.79 Å². The molecular formula is C19H30N2O3. The third-order valence-electron chi connectivity index (χ3n) is 5.20. The van der Waals surface area contributed by atoms with Crippen molar-refractivity contribution >= 4 is 5.91 Å². The lowest BCUT2D eigenvalue weighted by Crippen LogP contribution is -2.44. The predicted octanol–water partition coefficient (Wildman–Crippen LogP) is 3.17. The summed E-state index contributed by atoms with van der Waals surface area (Å²) in [6.07, 6.45) is 9.82. The molecule has 0 bridgehead atoms. The second-order valence-electron chi connectivity index (χ2n) is 6.93. The number of hydrogen-bond donors (Lipinski definition) is 0. The first-order chi connectivity index (χ1) is 11.8. The summed E-state index contributed by atoms with van der Waals surface area (Å²) >= 11 is 0. The molecule has 3 rings (SSSR count). The number of hydrogen-bond acceptors (Lipinski definition) is 4. The quantitative estimate of drug-likeness (QED) is 0.802. The van der Waals surface area contributed by atoms with Gasteiger partial charge in [0.05, 0.1) is 6.26 Å². The van der Waals surface area contributed by atoms with Crippen LogP contribution in [0.2, 0.25) is 0 Å². The van der Waals surface area contributed by atoms with E-state index < -0.39 is 0 Å². The van der Waals surface area contributed by atoms with Gasteiger partial charge >= 0.3 is 0 Å². The molecule has 2 aliphatic heterocycles. The van der Waals surface area contributed by atoms with E-state index in [2.05, 4.69) is 4.90 Å². The van der Waals surface area contributed by atoms with Gasteiger partial charge in [-0.1, -0.05) is 12.8 Å². The summed E-state index contributed by atoms with van der Waals surface area (Å²) in [7, 11) is 0. The van der Waals surface area contributed by atoms with Crippen molar-refractivity contribution in [1.82, 2.24) is 9.80 Å². The molecule has 2 saturated heterocycles. The number of likely N-dealkylation sites (tertiary alicyclic amines) is 1. The van der Waals surface area contributed by atoms with Crippen LogP contribution in [-0.4, -0.2) is 61.1 Å². The van der Waals surface area contributed by atoms with Gasteiger partial charge in [0.25, 0.3) is 5.91 Å². The fourth-order valence-corrected chi connectivity index (χ4v) is 3.81. The molecule has 5 heteroatoms. The Morgan fingerprint density at radius 1 is 1.17 bits per heavy atom. The summed E-state index contributed by atoms with van der Waals surface area (Å²) in [5.74, 6) is 0.485. The minimum Gasteiger partial charge on any atom is -0.459 e. The van der Waals surface area contributed by atoms with Crippen molar-refractivity contribution in [2.75, 3.05) is 39.4 Å². The predicted molar refractivity (Wildman–Crippen MR) is 93.1 cm³/mol. The molecule has 2 fully saturated rings. The molecule has 3 heterocycles. The lowest BCUT2D eigenvalue weighted by atomic mass is 10.1. The topological polar surface area (TPSA) is 45.9 Å². The largest absolute Gasteiger partial charge is 0.459 e. The number of nitrogens with zero attached hydrogens (tertiary/aromatic N) is 2. The minimum atomic E-state index is 0.0303. The molecule has 0 N–H and O–H groups in total. The van der Waals surface area contributed by atoms with E-state index in [0.29, 0.717) is 5.76 Å². The molecule has 2 aliphatic rings. The van der Waals surface area contributed by atoms with E-state index in [1.54, 1.807) is 18.4 Å². The van der Waals surface area contributed by atoms with Gasteiger partial charge in [-0.05, 0) is 63.9 Å². The number of carbonyl (C=O) groups is 1. The Kier molecular flexibility index (Phi) is 6.73. The van der Waals surface area contributed by atoms with Crippen LogP contribution in [0.1, 0.15) is 55.5 Å². The Bertz CT molecular complexity index is 475. The lowest BCUT2D eigenvalue weighted by molar-refractivity contribution is 0.0263. The second-order valence-corrected chi connectivity index (χ2v) is 6.93. The molecule has 0 spiro atoms. The maximum Gasteiger partial charge on any atom is 0.289 e. The molecule has 0 aromatic carbocycles. The number of furan rings is 1. The highest BCUT2D eigenvalue weighted by Gasteiger charge is 2.27. The summed E-state index contributed by atoms with van der Waals surface area (Å²) in [4.78, 5) is 17.4. The summed E-state index contributed by atoms with van der Waals surface area (Å²) in [6.45, 7) is 5.82. The smallest absolute Gasteiger partial charge is 0.289 e. The van der Waals surface area contributed by atoms with Crippen molar-refractivity contribution in [1.29, 1.82) is 0 Å². The average molecular weight is 334 g/mol. The van der Waals surface area contributed by atoms with Gasteiger partial charge in [0.15, 0.2) is 5.76 Å². The van der Waals surface area contributed by atoms with Gasteiger partial charge in [-0.15, -0.1) is 0 Å². The zero-order chi connectivity index (χ0) is 16.6. The molecular weight excluding hydrogens is 304 g/mol. The van der Waals surface area contributed by atoms with Crippen LogP contribution in [0.3, 0.4) is 0 Å². The molecule has 0 saturated carbocycles. The van der Waals surface area contributed by atoms with Gasteiger partial charge in [0.2, 0.25) is 0 Å². The fourth-order valence-electron chi connectivity index (χ4n) is 3.81. The molecule has 1 amide bonds. The summed E-state index contributed by atoms with van der Waals surface area (Å²) in [5.41, 5.74) is 0. The third kappa shape index (κ3) is 4.84. The molecule has 0 aliphatic carbocycles. The molecule has 1 aromatic heterocycles. The Balaban J connectivity index is 1.56. The van der Waals surface area contributed by atoms with Crippen molar-refractivity contribution < 1.29 is 13.9 Å². The van der Waals surface area contributed by atoms with Crippen LogP contribution in [0.4, 0.5) is 0 Å². The monoisotopic (exact) mass is 334 g/mol. The number of amides is 1. The zero-order valence-corrected chi connectivity index (χ0v) is 14.6. The molecule has 0 unspecified atom stereocenters. The molecule has 0 atom stereocenters. The normalized spacial score (nSPS) is 20.7. The first-order valence-corrected chi connectivity index (χ1v) is 9.49. The fraction of sp³-hybridized carbons (Fsp3) is 0.737. The van der Waals surface area contributed by atoms with Gasteiger partial charge in [0, 0.05) is 25.8 Å². The van der Waals surface area contributed by atoms with Gasteiger partial charge in [-0.25, -0.2) is 0 Å². The third-order valence-corrected chi connectivity index (χ3v) is 5.20. The highest BCUT2D eigenvalue weighted by molar-refractivity contribution is 5.91. The number of rotatable bonds is 6. The highest BCUT2D eigenvalue weighted by atomic mass is 16.5. The Morgan fingerprint density at radius 3 is 2.58 bits per heavy atom. The van der Waals surface area contributed by atoms with Crippen LogP contribution in [0.15, 0.2) is 22.8 Å². The summed E-state index contributed by atoms with van der Waals surface area (Å²) in [5, 5.41) is 0. The lowest BCUT2D eigenvalue weighted by Gasteiger charge is -2.34.